The summed E-state index contributed by atoms with van der Waals surface area (Å²) in [6.45, 7) is 1.33. The van der Waals surface area contributed by atoms with Crippen LogP contribution in [0.5, 0.6) is 0 Å². The van der Waals surface area contributed by atoms with Gasteiger partial charge in [-0.15, -0.1) is 0 Å². The Morgan fingerprint density at radius 3 is 2.16 bits per heavy atom. The Hall–Kier alpha value is -1.63. The molecule has 2 rings (SSSR count). The Balaban J connectivity index is 2.67. The molecule has 7 heteroatoms. The molecule has 1 heterocycles. The van der Waals surface area contributed by atoms with Crippen LogP contribution in [0.15, 0.2) is 47.5 Å². The summed E-state index contributed by atoms with van der Waals surface area (Å²) in [6.07, 6.45) is 1.39. The number of pyridine rings is 1. The molecule has 0 spiro atoms. The summed E-state index contributed by atoms with van der Waals surface area (Å²) in [4.78, 5) is 1.97. The SMILES string of the molecule is Cc1cc(-c2ccccn2)cc(S(F)(F)(F)(F)F)c1. The van der Waals surface area contributed by atoms with Crippen molar-refractivity contribution in [2.75, 3.05) is 0 Å². The summed E-state index contributed by atoms with van der Waals surface area (Å²) in [5.41, 5.74) is 0.338. The Kier molecular flexibility index (Phi) is 2.52. The van der Waals surface area contributed by atoms with E-state index in [1.54, 1.807) is 12.1 Å². The number of hydrogen-bond donors (Lipinski definition) is 0. The van der Waals surface area contributed by atoms with Gasteiger partial charge < -0.3 is 0 Å². The van der Waals surface area contributed by atoms with Gasteiger partial charge in [0, 0.05) is 11.8 Å². The molecule has 104 valence electrons. The first-order valence-electron chi connectivity index (χ1n) is 5.23. The Labute approximate surface area is 106 Å². The van der Waals surface area contributed by atoms with Gasteiger partial charge in [-0.2, -0.15) is 0 Å². The molecule has 0 amide bonds. The predicted octanol–water partition coefficient (Wildman–Crippen LogP) is 5.71. The second-order valence-corrected chi connectivity index (χ2v) is 6.63. The van der Waals surface area contributed by atoms with Crippen LogP contribution in [0.4, 0.5) is 19.4 Å². The van der Waals surface area contributed by atoms with E-state index in [0.717, 1.165) is 0 Å². The third-order valence-electron chi connectivity index (χ3n) is 2.46. The molecule has 0 saturated heterocycles. The average Bonchev–Trinajstić information content (AvgIpc) is 2.26. The molecule has 2 aromatic rings. The Bertz CT molecular complexity index is 622. The third kappa shape index (κ3) is 3.23. The van der Waals surface area contributed by atoms with E-state index in [0.29, 0.717) is 12.1 Å². The molecule has 19 heavy (non-hydrogen) atoms. The van der Waals surface area contributed by atoms with E-state index >= 15 is 0 Å². The summed E-state index contributed by atoms with van der Waals surface area (Å²) in [5, 5.41) is 0. The van der Waals surface area contributed by atoms with E-state index in [4.69, 9.17) is 0 Å². The number of hydrogen-bond acceptors (Lipinski definition) is 1. The molecule has 0 unspecified atom stereocenters. The van der Waals surface area contributed by atoms with Crippen molar-refractivity contribution in [3.8, 4) is 11.3 Å². The molecular weight excluding hydrogens is 285 g/mol. The summed E-state index contributed by atoms with van der Waals surface area (Å²) < 4.78 is 64.0. The van der Waals surface area contributed by atoms with Crippen molar-refractivity contribution in [1.82, 2.24) is 4.98 Å². The highest BCUT2D eigenvalue weighted by Crippen LogP contribution is 3.02. The quantitative estimate of drug-likeness (QED) is 0.646. The van der Waals surface area contributed by atoms with Gasteiger partial charge in [0.05, 0.1) is 5.69 Å². The maximum Gasteiger partial charge on any atom is 0.310 e. The molecular formula is C12H10F5NS. The molecule has 0 bridgehead atoms. The van der Waals surface area contributed by atoms with Gasteiger partial charge in [-0.05, 0) is 42.8 Å². The van der Waals surface area contributed by atoms with E-state index < -0.39 is 15.1 Å². The molecule has 0 aliphatic heterocycles. The molecule has 1 nitrogen and oxygen atoms in total. The maximum atomic E-state index is 12.8. The zero-order chi connectivity index (χ0) is 14.4. The molecule has 1 aromatic carbocycles. The summed E-state index contributed by atoms with van der Waals surface area (Å²) in [6, 6.07) is 6.90. The van der Waals surface area contributed by atoms with E-state index in [-0.39, 0.29) is 16.8 Å². The van der Waals surface area contributed by atoms with Crippen molar-refractivity contribution in [3.63, 3.8) is 0 Å². The molecule has 0 saturated carbocycles. The average molecular weight is 295 g/mol. The number of rotatable bonds is 2. The zero-order valence-corrected chi connectivity index (χ0v) is 10.6. The van der Waals surface area contributed by atoms with E-state index in [1.165, 1.54) is 25.3 Å². The third-order valence-corrected chi connectivity index (χ3v) is 3.58. The molecule has 1 aromatic heterocycles. The van der Waals surface area contributed by atoms with E-state index in [2.05, 4.69) is 4.98 Å². The number of halogens is 5. The fourth-order valence-electron chi connectivity index (χ4n) is 1.65. The number of nitrogens with zero attached hydrogens (tertiary/aromatic N) is 1. The van der Waals surface area contributed by atoms with Crippen LogP contribution in [0.3, 0.4) is 0 Å². The van der Waals surface area contributed by atoms with Crippen LogP contribution < -0.4 is 0 Å². The van der Waals surface area contributed by atoms with Gasteiger partial charge in [-0.3, -0.25) is 4.98 Å². The highest BCUT2D eigenvalue weighted by Gasteiger charge is 2.65. The minimum atomic E-state index is -9.67. The summed E-state index contributed by atoms with van der Waals surface area (Å²) in [7, 11) is -9.67. The number of aromatic nitrogens is 1. The van der Waals surface area contributed by atoms with Crippen LogP contribution in [-0.2, 0) is 0 Å². The van der Waals surface area contributed by atoms with Crippen molar-refractivity contribution in [1.29, 1.82) is 0 Å². The van der Waals surface area contributed by atoms with Gasteiger partial charge in [0.15, 0.2) is 0 Å². The van der Waals surface area contributed by atoms with Crippen molar-refractivity contribution >= 4 is 10.2 Å². The summed E-state index contributed by atoms with van der Waals surface area (Å²) in [5.74, 6) is 0. The molecule has 0 fully saturated rings. The minimum absolute atomic E-state index is 0.0175. The van der Waals surface area contributed by atoms with E-state index in [9.17, 15) is 19.4 Å². The lowest BCUT2D eigenvalue weighted by molar-refractivity contribution is 0.364. The van der Waals surface area contributed by atoms with Crippen LogP contribution in [0.1, 0.15) is 5.56 Å². The molecule has 0 radical (unpaired) electrons. The van der Waals surface area contributed by atoms with Crippen LogP contribution in [0.2, 0.25) is 0 Å². The molecule has 0 atom stereocenters. The van der Waals surface area contributed by atoms with Gasteiger partial charge in [0.25, 0.3) is 0 Å². The van der Waals surface area contributed by atoms with Crippen molar-refractivity contribution in [2.24, 2.45) is 0 Å². The van der Waals surface area contributed by atoms with Crippen molar-refractivity contribution in [2.45, 2.75) is 11.8 Å². The number of benzene rings is 1. The lowest BCUT2D eigenvalue weighted by Crippen LogP contribution is -2.06. The lowest BCUT2D eigenvalue weighted by atomic mass is 10.1. The predicted molar refractivity (Wildman–Crippen MR) is 65.8 cm³/mol. The molecule has 0 aliphatic rings. The first-order valence-corrected chi connectivity index (χ1v) is 7.18. The largest absolute Gasteiger partial charge is 0.310 e. The van der Waals surface area contributed by atoms with Crippen LogP contribution in [0, 0.1) is 6.92 Å². The van der Waals surface area contributed by atoms with Gasteiger partial charge in [-0.25, -0.2) is 0 Å². The number of aryl methyl sites for hydroxylation is 1. The zero-order valence-electron chi connectivity index (χ0n) is 9.79. The Morgan fingerprint density at radius 2 is 1.63 bits per heavy atom. The van der Waals surface area contributed by atoms with Crippen LogP contribution >= 0.6 is 10.2 Å². The van der Waals surface area contributed by atoms with Crippen LogP contribution in [0.25, 0.3) is 11.3 Å². The van der Waals surface area contributed by atoms with Gasteiger partial charge >= 0.3 is 10.2 Å². The van der Waals surface area contributed by atoms with Gasteiger partial charge in [0.1, 0.15) is 4.90 Å². The van der Waals surface area contributed by atoms with Gasteiger partial charge in [-0.1, -0.05) is 25.5 Å². The Morgan fingerprint density at radius 1 is 0.947 bits per heavy atom. The van der Waals surface area contributed by atoms with Crippen molar-refractivity contribution in [3.05, 3.63) is 48.2 Å². The molecule has 0 aliphatic carbocycles. The second-order valence-electron chi connectivity index (χ2n) is 4.22. The lowest BCUT2D eigenvalue weighted by Gasteiger charge is -2.40. The summed E-state index contributed by atoms with van der Waals surface area (Å²) >= 11 is 0. The fraction of sp³-hybridized carbons (Fsp3) is 0.0833. The fourth-order valence-corrected chi connectivity index (χ4v) is 2.41. The highest BCUT2D eigenvalue weighted by molar-refractivity contribution is 8.45. The standard InChI is InChI=1S/C12H10F5NS/c1-9-6-10(12-4-2-3-5-18-12)8-11(7-9)19(13,14,15,16)17/h2-8H,1H3. The van der Waals surface area contributed by atoms with E-state index in [1.807, 2.05) is 0 Å². The topological polar surface area (TPSA) is 12.9 Å². The van der Waals surface area contributed by atoms with Crippen molar-refractivity contribution < 1.29 is 19.4 Å². The normalized spacial score (nSPS) is 15.7. The second kappa shape index (κ2) is 3.47. The smallest absolute Gasteiger partial charge is 0.256 e. The molecule has 0 N–H and O–H groups in total. The monoisotopic (exact) mass is 295 g/mol. The van der Waals surface area contributed by atoms with Gasteiger partial charge in [0.2, 0.25) is 0 Å². The first kappa shape index (κ1) is 13.8. The first-order chi connectivity index (χ1) is 8.45. The highest BCUT2D eigenvalue weighted by atomic mass is 32.5. The maximum absolute atomic E-state index is 12.8. The van der Waals surface area contributed by atoms with Crippen LogP contribution in [-0.4, -0.2) is 4.98 Å². The minimum Gasteiger partial charge on any atom is -0.256 e.